The molecule has 0 spiro atoms. The van der Waals surface area contributed by atoms with Gasteiger partial charge in [0.05, 0.1) is 7.11 Å². The summed E-state index contributed by atoms with van der Waals surface area (Å²) >= 11 is 0. The number of benzene rings is 1. The molecule has 1 heterocycles. The minimum Gasteiger partial charge on any atom is -0.466 e. The lowest BCUT2D eigenvalue weighted by molar-refractivity contribution is -0.288. The monoisotopic (exact) mass is 508 g/mol. The van der Waals surface area contributed by atoms with E-state index >= 15 is 0 Å². The van der Waals surface area contributed by atoms with Gasteiger partial charge in [-0.3, -0.25) is 19.2 Å². The first-order valence-electron chi connectivity index (χ1n) is 10.8. The highest BCUT2D eigenvalue weighted by molar-refractivity contribution is 5.86. The lowest BCUT2D eigenvalue weighted by Gasteiger charge is -2.43. The molecule has 1 aliphatic heterocycles. The van der Waals surface area contributed by atoms with E-state index in [9.17, 15) is 24.0 Å². The Hall–Kier alpha value is -3.93. The van der Waals surface area contributed by atoms with Crippen molar-refractivity contribution >= 4 is 35.9 Å². The standard InChI is InChI=1S/C24H28O12/c1-13(25)31-12-19-21(32-14(2)26)22(33-15(3)27)23(34-16(4)28)24(36-19)35-18-9-6-17(7-10-18)8-11-20(29)30-5/h6-11,19,21-24H,12H2,1-5H3/b11-8+/t19-,21-,22+,23-,24-/m1/s1. The Kier molecular flexibility index (Phi) is 10.4. The summed E-state index contributed by atoms with van der Waals surface area (Å²) in [4.78, 5) is 58.2. The van der Waals surface area contributed by atoms with Crippen LogP contribution in [0.15, 0.2) is 30.3 Å². The van der Waals surface area contributed by atoms with E-state index in [0.29, 0.717) is 5.56 Å². The van der Waals surface area contributed by atoms with E-state index in [1.54, 1.807) is 24.3 Å². The molecule has 0 bridgehead atoms. The molecule has 0 amide bonds. The predicted octanol–water partition coefficient (Wildman–Crippen LogP) is 1.33. The van der Waals surface area contributed by atoms with Crippen molar-refractivity contribution in [3.8, 4) is 5.75 Å². The molecule has 2 rings (SSSR count). The molecule has 0 aromatic heterocycles. The zero-order valence-corrected chi connectivity index (χ0v) is 20.5. The normalized spacial score (nSPS) is 23.3. The van der Waals surface area contributed by atoms with Crippen LogP contribution >= 0.6 is 0 Å². The predicted molar refractivity (Wildman–Crippen MR) is 120 cm³/mol. The third-order valence-corrected chi connectivity index (χ3v) is 4.69. The van der Waals surface area contributed by atoms with Crippen LogP contribution in [0.3, 0.4) is 0 Å². The zero-order valence-electron chi connectivity index (χ0n) is 20.5. The number of hydrogen-bond donors (Lipinski definition) is 0. The van der Waals surface area contributed by atoms with Crippen LogP contribution in [0.1, 0.15) is 33.3 Å². The second-order valence-corrected chi connectivity index (χ2v) is 7.61. The van der Waals surface area contributed by atoms with E-state index in [-0.39, 0.29) is 12.4 Å². The SMILES string of the molecule is COC(=O)/C=C/c1ccc(O[C@@H]2O[C@H](COC(C)=O)[C@@H](OC(C)=O)[C@H](OC(C)=O)[C@H]2OC(C)=O)cc1. The zero-order chi connectivity index (χ0) is 26.8. The highest BCUT2D eigenvalue weighted by Gasteiger charge is 2.53. The fourth-order valence-corrected chi connectivity index (χ4v) is 3.31. The number of carbonyl (C=O) groups excluding carboxylic acids is 5. The van der Waals surface area contributed by atoms with Crippen LogP contribution in [0, 0.1) is 0 Å². The molecule has 0 aliphatic carbocycles. The first-order chi connectivity index (χ1) is 17.0. The lowest BCUT2D eigenvalue weighted by atomic mass is 9.98. The third-order valence-electron chi connectivity index (χ3n) is 4.69. The van der Waals surface area contributed by atoms with Crippen LogP contribution in [0.25, 0.3) is 6.08 Å². The van der Waals surface area contributed by atoms with Crippen molar-refractivity contribution in [1.29, 1.82) is 0 Å². The van der Waals surface area contributed by atoms with Gasteiger partial charge in [-0.2, -0.15) is 0 Å². The number of ether oxygens (including phenoxy) is 7. The van der Waals surface area contributed by atoms with Gasteiger partial charge in [0.2, 0.25) is 12.4 Å². The summed E-state index contributed by atoms with van der Waals surface area (Å²) in [6.07, 6.45) is -3.65. The van der Waals surface area contributed by atoms with Crippen molar-refractivity contribution < 1.29 is 57.1 Å². The first-order valence-corrected chi connectivity index (χ1v) is 10.8. The minimum atomic E-state index is -1.35. The Bertz CT molecular complexity index is 983. The maximum absolute atomic E-state index is 11.9. The van der Waals surface area contributed by atoms with E-state index < -0.39 is 60.6 Å². The summed E-state index contributed by atoms with van der Waals surface area (Å²) in [5.74, 6) is -3.09. The molecule has 1 aromatic rings. The Balaban J connectivity index is 2.38. The second kappa shape index (κ2) is 13.2. The molecule has 196 valence electrons. The molecule has 12 nitrogen and oxygen atoms in total. The molecule has 1 aromatic carbocycles. The van der Waals surface area contributed by atoms with Crippen molar-refractivity contribution in [3.63, 3.8) is 0 Å². The van der Waals surface area contributed by atoms with Gasteiger partial charge in [-0.15, -0.1) is 0 Å². The van der Waals surface area contributed by atoms with Gasteiger partial charge < -0.3 is 33.2 Å². The van der Waals surface area contributed by atoms with Crippen LogP contribution in [0.2, 0.25) is 0 Å². The number of rotatable bonds is 9. The van der Waals surface area contributed by atoms with Gasteiger partial charge in [0, 0.05) is 33.8 Å². The van der Waals surface area contributed by atoms with E-state index in [4.69, 9.17) is 28.4 Å². The van der Waals surface area contributed by atoms with Crippen LogP contribution < -0.4 is 4.74 Å². The van der Waals surface area contributed by atoms with Crippen LogP contribution in [0.4, 0.5) is 0 Å². The molecular weight excluding hydrogens is 480 g/mol. The third kappa shape index (κ3) is 8.69. The molecule has 5 atom stereocenters. The van der Waals surface area contributed by atoms with Gasteiger partial charge in [0.25, 0.3) is 0 Å². The Morgan fingerprint density at radius 2 is 1.36 bits per heavy atom. The quantitative estimate of drug-likeness (QED) is 0.269. The maximum Gasteiger partial charge on any atom is 0.330 e. The Labute approximate surface area is 207 Å². The van der Waals surface area contributed by atoms with Crippen molar-refractivity contribution in [2.24, 2.45) is 0 Å². The molecule has 0 radical (unpaired) electrons. The fraction of sp³-hybridized carbons (Fsp3) is 0.458. The van der Waals surface area contributed by atoms with E-state index in [2.05, 4.69) is 4.74 Å². The molecule has 1 fully saturated rings. The summed E-state index contributed by atoms with van der Waals surface area (Å²) in [6, 6.07) is 6.40. The largest absolute Gasteiger partial charge is 0.466 e. The Morgan fingerprint density at radius 3 is 1.89 bits per heavy atom. The molecule has 0 saturated carbocycles. The highest BCUT2D eigenvalue weighted by atomic mass is 16.7. The molecule has 1 saturated heterocycles. The number of esters is 5. The average Bonchev–Trinajstić information content (AvgIpc) is 2.80. The van der Waals surface area contributed by atoms with Crippen LogP contribution in [-0.2, 0) is 52.4 Å². The van der Waals surface area contributed by atoms with Crippen molar-refractivity contribution in [3.05, 3.63) is 35.9 Å². The summed E-state index contributed by atoms with van der Waals surface area (Å²) < 4.78 is 37.4. The van der Waals surface area contributed by atoms with Crippen molar-refractivity contribution in [1.82, 2.24) is 0 Å². The molecule has 0 unspecified atom stereocenters. The molecule has 0 N–H and O–H groups in total. The van der Waals surface area contributed by atoms with Crippen molar-refractivity contribution in [2.45, 2.75) is 58.4 Å². The smallest absolute Gasteiger partial charge is 0.330 e. The number of hydrogen-bond acceptors (Lipinski definition) is 12. The van der Waals surface area contributed by atoms with Crippen LogP contribution in [-0.4, -0.2) is 74.3 Å². The van der Waals surface area contributed by atoms with Gasteiger partial charge in [-0.1, -0.05) is 12.1 Å². The van der Waals surface area contributed by atoms with Crippen LogP contribution in [0.5, 0.6) is 5.75 Å². The van der Waals surface area contributed by atoms with Gasteiger partial charge in [0.15, 0.2) is 12.2 Å². The minimum absolute atomic E-state index is 0.270. The molecule has 36 heavy (non-hydrogen) atoms. The summed E-state index contributed by atoms with van der Waals surface area (Å²) in [6.45, 7) is 4.21. The molecule has 12 heteroatoms. The topological polar surface area (TPSA) is 150 Å². The summed E-state index contributed by atoms with van der Waals surface area (Å²) in [5.41, 5.74) is 0.661. The maximum atomic E-state index is 11.9. The van der Waals surface area contributed by atoms with Gasteiger partial charge in [-0.05, 0) is 23.8 Å². The van der Waals surface area contributed by atoms with Gasteiger partial charge >= 0.3 is 29.8 Å². The molecule has 1 aliphatic rings. The van der Waals surface area contributed by atoms with Gasteiger partial charge in [-0.25, -0.2) is 4.79 Å². The first kappa shape index (κ1) is 28.3. The number of methoxy groups -OCH3 is 1. The summed E-state index contributed by atoms with van der Waals surface area (Å²) in [7, 11) is 1.26. The Morgan fingerprint density at radius 1 is 0.806 bits per heavy atom. The highest BCUT2D eigenvalue weighted by Crippen LogP contribution is 2.31. The number of carbonyl (C=O) groups is 5. The molecular formula is C24H28O12. The second-order valence-electron chi connectivity index (χ2n) is 7.61. The van der Waals surface area contributed by atoms with Crippen molar-refractivity contribution in [2.75, 3.05) is 13.7 Å². The lowest BCUT2D eigenvalue weighted by Crippen LogP contribution is -2.63. The average molecular weight is 508 g/mol. The van der Waals surface area contributed by atoms with E-state index in [1.165, 1.54) is 26.2 Å². The van der Waals surface area contributed by atoms with E-state index in [0.717, 1.165) is 20.8 Å². The fourth-order valence-electron chi connectivity index (χ4n) is 3.31. The van der Waals surface area contributed by atoms with E-state index in [1.807, 2.05) is 0 Å². The van der Waals surface area contributed by atoms with Gasteiger partial charge in [0.1, 0.15) is 18.5 Å². The summed E-state index contributed by atoms with van der Waals surface area (Å²) in [5, 5.41) is 0.